The first-order valence-corrected chi connectivity index (χ1v) is 9.46. The first-order valence-electron chi connectivity index (χ1n) is 8.66. The zero-order valence-electron chi connectivity index (χ0n) is 16.8. The molecule has 4 rings (SSSR count). The standard InChI is InChI=1S/C20H21BrN2O3.Na.H/c1-20(2)12-23(17-7-6-14(21)8-18(17)26-20)16-5-3-4-15(9-16)22-10-13(11-22)19(24)25;;/h3-9,13H,10-12H2,1-2H3,(H,24,25);;/q;+1;-1. The normalized spacial score (nSPS) is 18.0. The molecule has 0 aromatic heterocycles. The van der Waals surface area contributed by atoms with Crippen molar-refractivity contribution >= 4 is 39.0 Å². The van der Waals surface area contributed by atoms with Gasteiger partial charge in [-0.1, -0.05) is 22.0 Å². The molecule has 1 saturated heterocycles. The average molecular weight is 441 g/mol. The summed E-state index contributed by atoms with van der Waals surface area (Å²) in [4.78, 5) is 15.4. The fourth-order valence-corrected chi connectivity index (χ4v) is 3.86. The molecule has 1 fully saturated rings. The number of fused-ring (bicyclic) bond motifs is 1. The van der Waals surface area contributed by atoms with E-state index in [1.54, 1.807) is 0 Å². The summed E-state index contributed by atoms with van der Waals surface area (Å²) in [6.07, 6.45) is 0. The van der Waals surface area contributed by atoms with E-state index in [0.717, 1.165) is 33.8 Å². The number of rotatable bonds is 3. The minimum absolute atomic E-state index is 0. The summed E-state index contributed by atoms with van der Waals surface area (Å²) < 4.78 is 7.14. The third kappa shape index (κ3) is 4.14. The number of carboxylic acids is 1. The van der Waals surface area contributed by atoms with Crippen LogP contribution >= 0.6 is 15.9 Å². The summed E-state index contributed by atoms with van der Waals surface area (Å²) >= 11 is 3.52. The Morgan fingerprint density at radius 3 is 2.63 bits per heavy atom. The number of benzene rings is 2. The van der Waals surface area contributed by atoms with Gasteiger partial charge in [0.05, 0.1) is 18.2 Å². The Labute approximate surface area is 191 Å². The molecule has 2 aliphatic rings. The molecule has 0 bridgehead atoms. The molecule has 2 heterocycles. The summed E-state index contributed by atoms with van der Waals surface area (Å²) in [5.41, 5.74) is 2.87. The Hall–Kier alpha value is -1.21. The molecule has 0 unspecified atom stereocenters. The van der Waals surface area contributed by atoms with Gasteiger partial charge in [-0.25, -0.2) is 0 Å². The number of ether oxygens (including phenoxy) is 1. The van der Waals surface area contributed by atoms with Gasteiger partial charge in [-0.05, 0) is 50.2 Å². The summed E-state index contributed by atoms with van der Waals surface area (Å²) in [6, 6.07) is 14.4. The van der Waals surface area contributed by atoms with Gasteiger partial charge in [-0.3, -0.25) is 4.79 Å². The Balaban J connectivity index is 0.00000140. The van der Waals surface area contributed by atoms with E-state index >= 15 is 0 Å². The van der Waals surface area contributed by atoms with Gasteiger partial charge in [-0.2, -0.15) is 0 Å². The van der Waals surface area contributed by atoms with Crippen LogP contribution in [0.4, 0.5) is 17.1 Å². The molecule has 0 atom stereocenters. The van der Waals surface area contributed by atoms with Crippen LogP contribution in [0.5, 0.6) is 5.75 Å². The van der Waals surface area contributed by atoms with E-state index in [9.17, 15) is 4.79 Å². The molecule has 0 aliphatic carbocycles. The van der Waals surface area contributed by atoms with Crippen LogP contribution in [0.2, 0.25) is 0 Å². The number of aliphatic carboxylic acids is 1. The fourth-order valence-electron chi connectivity index (χ4n) is 3.52. The van der Waals surface area contributed by atoms with Gasteiger partial charge < -0.3 is 21.1 Å². The number of anilines is 3. The molecule has 2 aliphatic heterocycles. The predicted molar refractivity (Wildman–Crippen MR) is 107 cm³/mol. The van der Waals surface area contributed by atoms with Crippen LogP contribution in [-0.2, 0) is 4.79 Å². The number of carboxylic acid groups (broad SMARTS) is 1. The van der Waals surface area contributed by atoms with Gasteiger partial charge in [0, 0.05) is 28.9 Å². The molecule has 1 N–H and O–H groups in total. The second-order valence-electron chi connectivity index (χ2n) is 7.52. The van der Waals surface area contributed by atoms with Gasteiger partial charge in [0.15, 0.2) is 0 Å². The van der Waals surface area contributed by atoms with E-state index in [2.05, 4.69) is 57.8 Å². The van der Waals surface area contributed by atoms with Crippen molar-refractivity contribution in [2.45, 2.75) is 19.4 Å². The fraction of sp³-hybridized carbons (Fsp3) is 0.350. The van der Waals surface area contributed by atoms with Crippen molar-refractivity contribution in [3.05, 3.63) is 46.9 Å². The molecular weight excluding hydrogens is 419 g/mol. The van der Waals surface area contributed by atoms with Gasteiger partial charge in [0.1, 0.15) is 11.4 Å². The molecule has 0 spiro atoms. The molecular formula is C20H22BrN2NaO3. The van der Waals surface area contributed by atoms with Crippen molar-refractivity contribution < 1.29 is 45.6 Å². The van der Waals surface area contributed by atoms with Crippen LogP contribution in [0, 0.1) is 5.92 Å². The summed E-state index contributed by atoms with van der Waals surface area (Å²) in [5.74, 6) is -0.123. The van der Waals surface area contributed by atoms with Crippen LogP contribution < -0.4 is 44.1 Å². The third-order valence-corrected chi connectivity index (χ3v) is 5.37. The van der Waals surface area contributed by atoms with Crippen molar-refractivity contribution in [3.8, 4) is 5.75 Å². The molecule has 5 nitrogen and oxygen atoms in total. The van der Waals surface area contributed by atoms with E-state index in [1.165, 1.54) is 0 Å². The Kier molecular flexibility index (Phi) is 5.82. The van der Waals surface area contributed by atoms with E-state index in [4.69, 9.17) is 9.84 Å². The molecule has 2 aromatic rings. The van der Waals surface area contributed by atoms with Gasteiger partial charge in [0.25, 0.3) is 0 Å². The van der Waals surface area contributed by atoms with Crippen LogP contribution in [-0.4, -0.2) is 36.3 Å². The Morgan fingerprint density at radius 1 is 1.22 bits per heavy atom. The van der Waals surface area contributed by atoms with E-state index in [-0.39, 0.29) is 42.5 Å². The van der Waals surface area contributed by atoms with Gasteiger partial charge in [-0.15, -0.1) is 0 Å². The zero-order chi connectivity index (χ0) is 18.5. The molecule has 7 heteroatoms. The van der Waals surface area contributed by atoms with Crippen molar-refractivity contribution in [2.75, 3.05) is 29.4 Å². The molecule has 2 aromatic carbocycles. The number of nitrogens with zero attached hydrogens (tertiary/aromatic N) is 2. The molecule has 0 amide bonds. The minimum atomic E-state index is -0.716. The average Bonchev–Trinajstić information content (AvgIpc) is 2.51. The van der Waals surface area contributed by atoms with Gasteiger partial charge in [0.2, 0.25) is 0 Å². The second-order valence-corrected chi connectivity index (χ2v) is 8.44. The van der Waals surface area contributed by atoms with E-state index in [1.807, 2.05) is 24.3 Å². The number of halogens is 1. The van der Waals surface area contributed by atoms with Crippen LogP contribution in [0.25, 0.3) is 0 Å². The van der Waals surface area contributed by atoms with Crippen molar-refractivity contribution in [3.63, 3.8) is 0 Å². The van der Waals surface area contributed by atoms with Crippen LogP contribution in [0.15, 0.2) is 46.9 Å². The second kappa shape index (κ2) is 7.66. The SMILES string of the molecule is CC1(C)CN(c2cccc(N3CC(C(=O)O)C3)c2)c2ccc(Br)cc2O1.[H-].[Na+]. The quantitative estimate of drug-likeness (QED) is 0.731. The van der Waals surface area contributed by atoms with E-state index in [0.29, 0.717) is 13.1 Å². The van der Waals surface area contributed by atoms with Crippen molar-refractivity contribution in [2.24, 2.45) is 5.92 Å². The Morgan fingerprint density at radius 2 is 1.93 bits per heavy atom. The summed E-state index contributed by atoms with van der Waals surface area (Å²) in [6.45, 7) is 6.04. The maximum Gasteiger partial charge on any atom is 1.00 e. The Bertz CT molecular complexity index is 874. The third-order valence-electron chi connectivity index (χ3n) is 4.88. The minimum Gasteiger partial charge on any atom is -1.00 e. The van der Waals surface area contributed by atoms with Crippen molar-refractivity contribution in [1.29, 1.82) is 0 Å². The first kappa shape index (κ1) is 20.5. The first-order chi connectivity index (χ1) is 12.3. The number of carbonyl (C=O) groups is 1. The smallest absolute Gasteiger partial charge is 1.00 e. The largest absolute Gasteiger partial charge is 1.00 e. The van der Waals surface area contributed by atoms with Crippen molar-refractivity contribution in [1.82, 2.24) is 0 Å². The number of hydrogen-bond acceptors (Lipinski definition) is 4. The summed E-state index contributed by atoms with van der Waals surface area (Å²) in [5, 5.41) is 9.09. The van der Waals surface area contributed by atoms with Crippen LogP contribution in [0.1, 0.15) is 15.3 Å². The molecule has 27 heavy (non-hydrogen) atoms. The van der Waals surface area contributed by atoms with Gasteiger partial charge >= 0.3 is 35.5 Å². The maximum atomic E-state index is 11.1. The van der Waals surface area contributed by atoms with Crippen LogP contribution in [0.3, 0.4) is 0 Å². The topological polar surface area (TPSA) is 53.0 Å². The zero-order valence-corrected chi connectivity index (χ0v) is 19.4. The molecule has 0 radical (unpaired) electrons. The monoisotopic (exact) mass is 440 g/mol. The maximum absolute atomic E-state index is 11.1. The van der Waals surface area contributed by atoms with E-state index < -0.39 is 5.97 Å². The molecule has 138 valence electrons. The number of hydrogen-bond donors (Lipinski definition) is 1. The molecule has 0 saturated carbocycles. The summed E-state index contributed by atoms with van der Waals surface area (Å²) in [7, 11) is 0. The predicted octanol–water partition coefficient (Wildman–Crippen LogP) is 1.40.